The number of nitrogens with one attached hydrogen (secondary N) is 1. The van der Waals surface area contributed by atoms with Crippen molar-refractivity contribution in [2.75, 3.05) is 27.3 Å². The van der Waals surface area contributed by atoms with Crippen molar-refractivity contribution in [3.63, 3.8) is 0 Å². The second kappa shape index (κ2) is 11.9. The Balaban J connectivity index is 0.000000494. The molecule has 0 atom stereocenters. The topological polar surface area (TPSA) is 115 Å². The van der Waals surface area contributed by atoms with E-state index in [9.17, 15) is 5.11 Å². The van der Waals surface area contributed by atoms with E-state index in [4.69, 9.17) is 21.3 Å². The number of ether oxygens (including phenoxy) is 1. The van der Waals surface area contributed by atoms with Crippen molar-refractivity contribution in [2.24, 2.45) is 17.5 Å². The van der Waals surface area contributed by atoms with Gasteiger partial charge in [0.25, 0.3) is 0 Å². The summed E-state index contributed by atoms with van der Waals surface area (Å²) >= 11 is 0. The maximum absolute atomic E-state index is 10.6. The van der Waals surface area contributed by atoms with Gasteiger partial charge >= 0.3 is 0 Å². The number of nitrogens with two attached hydrogens (primary N) is 2. The summed E-state index contributed by atoms with van der Waals surface area (Å²) in [5, 5.41) is 16.2. The number of nitrogens with zero attached hydrogens (tertiary/aromatic N) is 3. The monoisotopic (exact) mass is 516 g/mol. The van der Waals surface area contributed by atoms with E-state index in [0.717, 1.165) is 65.7 Å². The third-order valence-electron chi connectivity index (χ3n) is 7.01. The first-order valence-electron chi connectivity index (χ1n) is 13.1. The summed E-state index contributed by atoms with van der Waals surface area (Å²) in [6.07, 6.45) is 3.87. The summed E-state index contributed by atoms with van der Waals surface area (Å²) in [6.45, 7) is 6.08. The molecule has 8 heteroatoms. The van der Waals surface area contributed by atoms with Crippen LogP contribution >= 0.6 is 0 Å². The van der Waals surface area contributed by atoms with Gasteiger partial charge in [-0.2, -0.15) is 0 Å². The van der Waals surface area contributed by atoms with Gasteiger partial charge in [0.05, 0.1) is 22.2 Å². The van der Waals surface area contributed by atoms with Crippen molar-refractivity contribution in [1.82, 2.24) is 19.9 Å². The van der Waals surface area contributed by atoms with Crippen LogP contribution in [-0.2, 0) is 16.9 Å². The third kappa shape index (κ3) is 6.10. The molecule has 0 unspecified atom stereocenters. The second-order valence-corrected chi connectivity index (χ2v) is 10.3. The highest BCUT2D eigenvalue weighted by Gasteiger charge is 2.23. The lowest BCUT2D eigenvalue weighted by molar-refractivity contribution is 0.0619. The van der Waals surface area contributed by atoms with Gasteiger partial charge in [0.2, 0.25) is 0 Å². The predicted octanol–water partition coefficient (Wildman–Crippen LogP) is 4.14. The van der Waals surface area contributed by atoms with Crippen molar-refractivity contribution in [1.29, 1.82) is 0 Å². The van der Waals surface area contributed by atoms with Crippen LogP contribution in [0, 0.1) is 5.92 Å². The van der Waals surface area contributed by atoms with Crippen molar-refractivity contribution < 1.29 is 9.84 Å². The summed E-state index contributed by atoms with van der Waals surface area (Å²) in [6, 6.07) is 20.2. The van der Waals surface area contributed by atoms with Crippen LogP contribution in [-0.4, -0.2) is 47.0 Å². The fourth-order valence-corrected chi connectivity index (χ4v) is 4.90. The minimum atomic E-state index is -0.924. The van der Waals surface area contributed by atoms with Gasteiger partial charge in [-0.1, -0.05) is 48.5 Å². The molecule has 202 valence electrons. The number of hydrogen-bond donors (Lipinski definition) is 4. The Kier molecular flexibility index (Phi) is 8.56. The molecule has 1 aliphatic heterocycles. The van der Waals surface area contributed by atoms with Crippen molar-refractivity contribution in [2.45, 2.75) is 38.8 Å². The molecule has 5 rings (SSSR count). The number of aliphatic hydroxyl groups is 1. The predicted molar refractivity (Wildman–Crippen MR) is 155 cm³/mol. The Morgan fingerprint density at radius 2 is 1.74 bits per heavy atom. The molecule has 0 saturated carbocycles. The maximum atomic E-state index is 10.6. The molecule has 8 nitrogen and oxygen atoms in total. The molecule has 6 N–H and O–H groups in total. The van der Waals surface area contributed by atoms with Gasteiger partial charge in [0.15, 0.2) is 0 Å². The Hall–Kier alpha value is -3.59. The lowest BCUT2D eigenvalue weighted by atomic mass is 9.97. The molecule has 2 aromatic heterocycles. The average Bonchev–Trinajstić information content (AvgIpc) is 3.22. The van der Waals surface area contributed by atoms with Crippen molar-refractivity contribution >= 4 is 27.6 Å². The molecule has 0 amide bonds. The molecule has 1 saturated heterocycles. The van der Waals surface area contributed by atoms with Gasteiger partial charge in [0.1, 0.15) is 11.5 Å². The number of hydrogen-bond acceptors (Lipinski definition) is 7. The number of benzene rings is 2. The lowest BCUT2D eigenvalue weighted by Crippen LogP contribution is -2.30. The molecule has 38 heavy (non-hydrogen) atoms. The Morgan fingerprint density at radius 1 is 1.11 bits per heavy atom. The van der Waals surface area contributed by atoms with E-state index in [-0.39, 0.29) is 0 Å². The molecule has 0 bridgehead atoms. The number of hydrazine groups is 1. The van der Waals surface area contributed by atoms with Crippen LogP contribution in [0.1, 0.15) is 37.8 Å². The first kappa shape index (κ1) is 27.4. The fourth-order valence-electron chi connectivity index (χ4n) is 4.90. The highest BCUT2D eigenvalue weighted by molar-refractivity contribution is 6.06. The summed E-state index contributed by atoms with van der Waals surface area (Å²) in [5.41, 5.74) is 10.7. The van der Waals surface area contributed by atoms with E-state index in [1.807, 2.05) is 62.5 Å². The van der Waals surface area contributed by atoms with Crippen LogP contribution in [0.4, 0.5) is 0 Å². The quantitative estimate of drug-likeness (QED) is 0.225. The largest absolute Gasteiger partial charge is 0.386 e. The Bertz CT molecular complexity index is 1360. The molecular formula is C30H40N6O2. The van der Waals surface area contributed by atoms with Gasteiger partial charge in [-0.15, -0.1) is 0 Å². The van der Waals surface area contributed by atoms with E-state index >= 15 is 0 Å². The van der Waals surface area contributed by atoms with E-state index < -0.39 is 5.60 Å². The summed E-state index contributed by atoms with van der Waals surface area (Å²) in [7, 11) is 3.53. The average molecular weight is 517 g/mol. The van der Waals surface area contributed by atoms with E-state index in [1.165, 1.54) is 5.01 Å². The normalized spacial score (nSPS) is 15.1. The van der Waals surface area contributed by atoms with Gasteiger partial charge in [0, 0.05) is 51.0 Å². The molecule has 0 spiro atoms. The minimum Gasteiger partial charge on any atom is -0.386 e. The molecule has 2 aromatic carbocycles. The lowest BCUT2D eigenvalue weighted by Gasteiger charge is -2.24. The van der Waals surface area contributed by atoms with Gasteiger partial charge in [-0.05, 0) is 50.3 Å². The van der Waals surface area contributed by atoms with Crippen molar-refractivity contribution in [3.05, 3.63) is 83.8 Å². The Morgan fingerprint density at radius 3 is 2.29 bits per heavy atom. The highest BCUT2D eigenvalue weighted by atomic mass is 16.5. The van der Waals surface area contributed by atoms with Crippen LogP contribution in [0.5, 0.6) is 0 Å². The van der Waals surface area contributed by atoms with Crippen LogP contribution < -0.4 is 16.9 Å². The molecule has 1 fully saturated rings. The second-order valence-electron chi connectivity index (χ2n) is 10.3. The van der Waals surface area contributed by atoms with E-state index in [1.54, 1.807) is 14.1 Å². The molecule has 1 aliphatic rings. The van der Waals surface area contributed by atoms with Crippen molar-refractivity contribution in [3.8, 4) is 0 Å². The first-order chi connectivity index (χ1) is 18.2. The summed E-state index contributed by atoms with van der Waals surface area (Å²) in [5.74, 6) is 7.10. The minimum absolute atomic E-state index is 0.479. The maximum Gasteiger partial charge on any atom is 0.122 e. The van der Waals surface area contributed by atoms with Crippen LogP contribution in [0.15, 0.2) is 72.7 Å². The summed E-state index contributed by atoms with van der Waals surface area (Å²) < 4.78 is 7.90. The summed E-state index contributed by atoms with van der Waals surface area (Å²) in [4.78, 5) is 4.83. The van der Waals surface area contributed by atoms with Gasteiger partial charge in [-0.25, -0.2) is 5.84 Å². The number of pyridine rings is 1. The van der Waals surface area contributed by atoms with Gasteiger partial charge < -0.3 is 30.5 Å². The molecule has 4 aromatic rings. The zero-order chi connectivity index (χ0) is 27.3. The highest BCUT2D eigenvalue weighted by Crippen LogP contribution is 2.34. The fraction of sp³-hybridized carbons (Fsp3) is 0.367. The first-order valence-corrected chi connectivity index (χ1v) is 13.1. The van der Waals surface area contributed by atoms with Crippen LogP contribution in [0.25, 0.3) is 27.6 Å². The van der Waals surface area contributed by atoms with E-state index in [2.05, 4.69) is 28.1 Å². The smallest absolute Gasteiger partial charge is 0.122 e. The SMILES string of the molecule is CN/C(N)=C(\c1cnc2c3ccc(C(C)(C)O)cc3n(CC3CCOCC3)c2c1)N(C)N.c1ccccc1. The van der Waals surface area contributed by atoms with Crippen LogP contribution in [0.3, 0.4) is 0 Å². The van der Waals surface area contributed by atoms with E-state index in [0.29, 0.717) is 17.4 Å². The Labute approximate surface area is 224 Å². The molecule has 0 aliphatic carbocycles. The van der Waals surface area contributed by atoms with Crippen LogP contribution in [0.2, 0.25) is 0 Å². The zero-order valence-electron chi connectivity index (χ0n) is 22.8. The zero-order valence-corrected chi connectivity index (χ0v) is 22.8. The molecule has 3 heterocycles. The molecule has 0 radical (unpaired) electrons. The third-order valence-corrected chi connectivity index (χ3v) is 7.01. The standard InChI is InChI=1S/C24H34N6O2.C6H6/c1-24(2,31)17-5-6-18-19(12-17)30(14-15-7-9-32-10-8-15)20-11-16(13-28-21(18)20)22(29(4)26)23(25)27-3;1-2-4-6-5-3-1/h5-6,11-13,15,27,31H,7-10,14,25-26H2,1-4H3;1-6H/b23-22+;. The van der Waals surface area contributed by atoms with Gasteiger partial charge in [-0.3, -0.25) is 4.98 Å². The molecular weight excluding hydrogens is 476 g/mol. The number of aromatic nitrogens is 2. The number of rotatable bonds is 6. The number of fused-ring (bicyclic) bond motifs is 3.